The van der Waals surface area contributed by atoms with Crippen LogP contribution in [0.15, 0.2) is 54.7 Å². The zero-order chi connectivity index (χ0) is 17.0. The van der Waals surface area contributed by atoms with Crippen molar-refractivity contribution in [3.63, 3.8) is 0 Å². The molecule has 0 heterocycles. The molecule has 0 aromatic heterocycles. The Bertz CT molecular complexity index is 732. The van der Waals surface area contributed by atoms with E-state index >= 15 is 0 Å². The number of allylic oxidation sites excluding steroid dienone is 1. The topological polar surface area (TPSA) is 29.1 Å². The summed E-state index contributed by atoms with van der Waals surface area (Å²) in [5.41, 5.74) is -1.02. The van der Waals surface area contributed by atoms with Gasteiger partial charge in [-0.1, -0.05) is 12.1 Å². The van der Waals surface area contributed by atoms with Crippen molar-refractivity contribution in [1.82, 2.24) is 0 Å². The zero-order valence-electron chi connectivity index (χ0n) is 11.5. The average Bonchev–Trinajstić information content (AvgIpc) is 2.45. The van der Waals surface area contributed by atoms with E-state index in [1.807, 2.05) is 0 Å². The van der Waals surface area contributed by atoms with Gasteiger partial charge < -0.3 is 5.32 Å². The van der Waals surface area contributed by atoms with E-state index in [4.69, 9.17) is 0 Å². The molecule has 0 radical (unpaired) electrons. The third-order valence-corrected chi connectivity index (χ3v) is 2.82. The highest BCUT2D eigenvalue weighted by atomic mass is 19.4. The van der Waals surface area contributed by atoms with Gasteiger partial charge in [-0.05, 0) is 24.3 Å². The molecule has 120 valence electrons. The molecule has 7 heteroatoms. The van der Waals surface area contributed by atoms with Crippen LogP contribution in [0.5, 0.6) is 0 Å². The number of hydrogen-bond donors (Lipinski definition) is 1. The Morgan fingerprint density at radius 1 is 1.00 bits per heavy atom. The predicted octanol–water partition coefficient (Wildman–Crippen LogP) is 4.79. The van der Waals surface area contributed by atoms with Crippen molar-refractivity contribution in [2.24, 2.45) is 0 Å². The van der Waals surface area contributed by atoms with Crippen LogP contribution < -0.4 is 5.32 Å². The van der Waals surface area contributed by atoms with E-state index in [-0.39, 0.29) is 11.3 Å². The maximum absolute atomic E-state index is 13.0. The number of benzene rings is 2. The summed E-state index contributed by atoms with van der Waals surface area (Å²) in [5.74, 6) is -2.28. The van der Waals surface area contributed by atoms with Gasteiger partial charge in [0.1, 0.15) is 11.6 Å². The van der Waals surface area contributed by atoms with Gasteiger partial charge in [-0.3, -0.25) is 4.79 Å². The summed E-state index contributed by atoms with van der Waals surface area (Å²) < 4.78 is 63.6. The first-order valence-corrected chi connectivity index (χ1v) is 6.36. The van der Waals surface area contributed by atoms with E-state index in [1.165, 1.54) is 6.07 Å². The highest BCUT2D eigenvalue weighted by Crippen LogP contribution is 2.29. The van der Waals surface area contributed by atoms with Gasteiger partial charge in [0.15, 0.2) is 5.78 Å². The summed E-state index contributed by atoms with van der Waals surface area (Å²) in [5, 5.41) is 2.47. The quantitative estimate of drug-likeness (QED) is 0.497. The first kappa shape index (κ1) is 16.7. The van der Waals surface area contributed by atoms with Gasteiger partial charge in [0.05, 0.1) is 5.56 Å². The monoisotopic (exact) mass is 327 g/mol. The molecule has 0 saturated heterocycles. The molecule has 2 rings (SSSR count). The molecule has 0 atom stereocenters. The van der Waals surface area contributed by atoms with Crippen molar-refractivity contribution in [3.05, 3.63) is 77.5 Å². The Labute approximate surface area is 128 Å². The standard InChI is InChI=1S/C16H10F5NO/c17-12-7-13(18)9-14(8-12)22-5-4-15(23)10-2-1-3-11(6-10)16(19,20)21/h1-9,22H/b5-4-. The van der Waals surface area contributed by atoms with Gasteiger partial charge in [-0.15, -0.1) is 0 Å². The van der Waals surface area contributed by atoms with Crippen LogP contribution in [-0.2, 0) is 6.18 Å². The van der Waals surface area contributed by atoms with Gasteiger partial charge >= 0.3 is 6.18 Å². The average molecular weight is 327 g/mol. The molecule has 0 amide bonds. The molecule has 2 aromatic carbocycles. The lowest BCUT2D eigenvalue weighted by Crippen LogP contribution is -2.06. The van der Waals surface area contributed by atoms with Crippen molar-refractivity contribution in [2.45, 2.75) is 6.18 Å². The highest BCUT2D eigenvalue weighted by molar-refractivity contribution is 6.04. The lowest BCUT2D eigenvalue weighted by Gasteiger charge is -2.07. The Kier molecular flexibility index (Phi) is 4.78. The van der Waals surface area contributed by atoms with E-state index in [1.54, 1.807) is 0 Å². The minimum atomic E-state index is -4.54. The Balaban J connectivity index is 2.09. The molecule has 0 fully saturated rings. The third-order valence-electron chi connectivity index (χ3n) is 2.82. The van der Waals surface area contributed by atoms with Crippen molar-refractivity contribution in [1.29, 1.82) is 0 Å². The number of anilines is 1. The number of ketones is 1. The molecule has 0 saturated carbocycles. The zero-order valence-corrected chi connectivity index (χ0v) is 11.5. The second-order valence-electron chi connectivity index (χ2n) is 4.58. The lowest BCUT2D eigenvalue weighted by molar-refractivity contribution is -0.137. The van der Waals surface area contributed by atoms with Gasteiger partial charge in [0.25, 0.3) is 0 Å². The minimum absolute atomic E-state index is 0.0654. The maximum atomic E-state index is 13.0. The number of halogens is 5. The maximum Gasteiger partial charge on any atom is 0.416 e. The number of rotatable bonds is 4. The first-order valence-electron chi connectivity index (χ1n) is 6.36. The van der Waals surface area contributed by atoms with Gasteiger partial charge in [-0.2, -0.15) is 13.2 Å². The second kappa shape index (κ2) is 6.60. The third kappa shape index (κ3) is 4.64. The number of alkyl halides is 3. The number of carbonyl (C=O) groups excluding carboxylic acids is 1. The number of carbonyl (C=O) groups is 1. The van der Waals surface area contributed by atoms with E-state index < -0.39 is 29.2 Å². The summed E-state index contributed by atoms with van der Waals surface area (Å²) in [4.78, 5) is 11.8. The summed E-state index contributed by atoms with van der Waals surface area (Å²) >= 11 is 0. The Morgan fingerprint density at radius 3 is 2.26 bits per heavy atom. The summed E-state index contributed by atoms with van der Waals surface area (Å²) in [6, 6.07) is 6.64. The van der Waals surface area contributed by atoms with Gasteiger partial charge in [-0.25, -0.2) is 8.78 Å². The molecule has 0 spiro atoms. The molecule has 0 aliphatic carbocycles. The lowest BCUT2D eigenvalue weighted by atomic mass is 10.1. The molecule has 0 aliphatic heterocycles. The molecule has 2 nitrogen and oxygen atoms in total. The van der Waals surface area contributed by atoms with Crippen LogP contribution in [0.4, 0.5) is 27.6 Å². The summed E-state index contributed by atoms with van der Waals surface area (Å²) in [6.45, 7) is 0. The van der Waals surface area contributed by atoms with E-state index in [9.17, 15) is 26.7 Å². The van der Waals surface area contributed by atoms with Crippen LogP contribution in [-0.4, -0.2) is 5.78 Å². The molecule has 0 bridgehead atoms. The number of hydrogen-bond acceptors (Lipinski definition) is 2. The smallest absolute Gasteiger partial charge is 0.361 e. The summed E-state index contributed by atoms with van der Waals surface area (Å²) in [7, 11) is 0. The normalized spacial score (nSPS) is 11.7. The molecular weight excluding hydrogens is 317 g/mol. The van der Waals surface area contributed by atoms with Crippen LogP contribution in [0.25, 0.3) is 0 Å². The van der Waals surface area contributed by atoms with Gasteiger partial charge in [0, 0.05) is 29.6 Å². The molecule has 0 unspecified atom stereocenters. The Hall–Kier alpha value is -2.70. The van der Waals surface area contributed by atoms with Crippen molar-refractivity contribution in [3.8, 4) is 0 Å². The predicted molar refractivity (Wildman–Crippen MR) is 74.9 cm³/mol. The van der Waals surface area contributed by atoms with Crippen molar-refractivity contribution < 1.29 is 26.7 Å². The highest BCUT2D eigenvalue weighted by Gasteiger charge is 2.30. The van der Waals surface area contributed by atoms with E-state index in [0.29, 0.717) is 6.07 Å². The minimum Gasteiger partial charge on any atom is -0.361 e. The largest absolute Gasteiger partial charge is 0.416 e. The fraction of sp³-hybridized carbons (Fsp3) is 0.0625. The fourth-order valence-electron chi connectivity index (χ4n) is 1.80. The molecule has 2 aromatic rings. The Morgan fingerprint density at radius 2 is 1.65 bits per heavy atom. The molecule has 1 N–H and O–H groups in total. The SMILES string of the molecule is O=C(/C=C\Nc1cc(F)cc(F)c1)c1cccc(C(F)(F)F)c1. The van der Waals surface area contributed by atoms with Crippen LogP contribution in [0.1, 0.15) is 15.9 Å². The van der Waals surface area contributed by atoms with Crippen LogP contribution >= 0.6 is 0 Å². The van der Waals surface area contributed by atoms with Gasteiger partial charge in [0.2, 0.25) is 0 Å². The van der Waals surface area contributed by atoms with E-state index in [2.05, 4.69) is 5.32 Å². The fourth-order valence-corrected chi connectivity index (χ4v) is 1.80. The molecule has 0 aliphatic rings. The molecular formula is C16H10F5NO. The van der Waals surface area contributed by atoms with Crippen LogP contribution in [0.2, 0.25) is 0 Å². The van der Waals surface area contributed by atoms with E-state index in [0.717, 1.165) is 42.6 Å². The van der Waals surface area contributed by atoms with Crippen LogP contribution in [0.3, 0.4) is 0 Å². The van der Waals surface area contributed by atoms with Crippen molar-refractivity contribution >= 4 is 11.5 Å². The second-order valence-corrected chi connectivity index (χ2v) is 4.58. The summed E-state index contributed by atoms with van der Waals surface area (Å²) in [6.07, 6.45) is -2.48. The van der Waals surface area contributed by atoms with Crippen molar-refractivity contribution in [2.75, 3.05) is 5.32 Å². The first-order chi connectivity index (χ1) is 10.8. The molecule has 23 heavy (non-hydrogen) atoms. The van der Waals surface area contributed by atoms with Crippen LogP contribution in [0, 0.1) is 11.6 Å². The number of nitrogens with one attached hydrogen (secondary N) is 1.